The number of benzene rings is 1. The lowest BCUT2D eigenvalue weighted by Gasteiger charge is -2.12. The molecule has 3 heterocycles. The van der Waals surface area contributed by atoms with Gasteiger partial charge in [-0.2, -0.15) is 0 Å². The van der Waals surface area contributed by atoms with Gasteiger partial charge in [-0.1, -0.05) is 6.08 Å². The second-order valence-electron chi connectivity index (χ2n) is 7.01. The van der Waals surface area contributed by atoms with E-state index in [1.807, 2.05) is 67.9 Å². The van der Waals surface area contributed by atoms with Gasteiger partial charge >= 0.3 is 0 Å². The first-order chi connectivity index (χ1) is 14.5. The van der Waals surface area contributed by atoms with Crippen LogP contribution < -0.4 is 10.1 Å². The molecule has 3 aromatic heterocycles. The van der Waals surface area contributed by atoms with Crippen LogP contribution in [-0.4, -0.2) is 31.2 Å². The quantitative estimate of drug-likeness (QED) is 0.494. The molecule has 4 aromatic rings. The van der Waals surface area contributed by atoms with E-state index in [0.29, 0.717) is 11.6 Å². The Labute approximate surface area is 174 Å². The highest BCUT2D eigenvalue weighted by molar-refractivity contribution is 5.90. The fraction of sp³-hybridized carbons (Fsp3) is 0.174. The number of hydrogen-bond acceptors (Lipinski definition) is 6. The van der Waals surface area contributed by atoms with E-state index < -0.39 is 0 Å². The number of rotatable bonds is 6. The SMILES string of the molecule is Cc1ccc(Oc2ccc(Nc3ncnc4cc(/C=C/CO)n(C)c34)cc2C)cn1. The first-order valence-corrected chi connectivity index (χ1v) is 9.61. The maximum atomic E-state index is 9.05. The van der Waals surface area contributed by atoms with Crippen molar-refractivity contribution < 1.29 is 9.84 Å². The number of nitrogens with one attached hydrogen (secondary N) is 1. The molecule has 0 bridgehead atoms. The van der Waals surface area contributed by atoms with Crippen molar-refractivity contribution in [2.45, 2.75) is 13.8 Å². The number of aromatic nitrogens is 4. The van der Waals surface area contributed by atoms with Gasteiger partial charge in [-0.25, -0.2) is 9.97 Å². The maximum Gasteiger partial charge on any atom is 0.158 e. The van der Waals surface area contributed by atoms with Gasteiger partial charge in [-0.3, -0.25) is 4.98 Å². The first-order valence-electron chi connectivity index (χ1n) is 9.61. The Balaban J connectivity index is 1.60. The van der Waals surface area contributed by atoms with Crippen LogP contribution in [0.1, 0.15) is 17.0 Å². The molecule has 7 nitrogen and oxygen atoms in total. The van der Waals surface area contributed by atoms with Crippen molar-refractivity contribution >= 4 is 28.6 Å². The van der Waals surface area contributed by atoms with Crippen molar-refractivity contribution in [1.29, 1.82) is 0 Å². The number of nitrogens with zero attached hydrogens (tertiary/aromatic N) is 4. The van der Waals surface area contributed by atoms with Gasteiger partial charge in [0.1, 0.15) is 23.3 Å². The molecule has 0 aliphatic rings. The van der Waals surface area contributed by atoms with Gasteiger partial charge in [0, 0.05) is 24.1 Å². The van der Waals surface area contributed by atoms with E-state index in [-0.39, 0.29) is 6.61 Å². The molecule has 4 rings (SSSR count). The third-order valence-corrected chi connectivity index (χ3v) is 4.80. The molecule has 2 N–H and O–H groups in total. The minimum absolute atomic E-state index is 0.00927. The number of fused-ring (bicyclic) bond motifs is 1. The van der Waals surface area contributed by atoms with Gasteiger partial charge in [0.15, 0.2) is 5.82 Å². The summed E-state index contributed by atoms with van der Waals surface area (Å²) in [5, 5.41) is 12.4. The van der Waals surface area contributed by atoms with Gasteiger partial charge in [-0.05, 0) is 61.9 Å². The molecule has 0 atom stereocenters. The zero-order valence-electron chi connectivity index (χ0n) is 17.1. The molecule has 0 amide bonds. The van der Waals surface area contributed by atoms with Crippen LogP contribution in [0.3, 0.4) is 0 Å². The number of ether oxygens (including phenoxy) is 1. The van der Waals surface area contributed by atoms with Crippen molar-refractivity contribution in [3.63, 3.8) is 0 Å². The molecule has 0 spiro atoms. The molecular formula is C23H23N5O2. The van der Waals surface area contributed by atoms with Crippen molar-refractivity contribution in [3.8, 4) is 11.5 Å². The monoisotopic (exact) mass is 401 g/mol. The van der Waals surface area contributed by atoms with E-state index in [1.165, 1.54) is 0 Å². The number of pyridine rings is 1. The van der Waals surface area contributed by atoms with Gasteiger partial charge in [-0.15, -0.1) is 0 Å². The summed E-state index contributed by atoms with van der Waals surface area (Å²) in [5.41, 5.74) is 5.49. The highest BCUT2D eigenvalue weighted by Crippen LogP contribution is 2.30. The van der Waals surface area contributed by atoms with Crippen LogP contribution in [0.5, 0.6) is 11.5 Å². The lowest BCUT2D eigenvalue weighted by atomic mass is 10.2. The molecule has 0 saturated heterocycles. The summed E-state index contributed by atoms with van der Waals surface area (Å²) in [4.78, 5) is 13.1. The first kappa shape index (κ1) is 19.6. The molecule has 0 saturated carbocycles. The van der Waals surface area contributed by atoms with E-state index in [2.05, 4.69) is 20.3 Å². The summed E-state index contributed by atoms with van der Waals surface area (Å²) >= 11 is 0. The van der Waals surface area contributed by atoms with Crippen LogP contribution in [0.25, 0.3) is 17.1 Å². The van der Waals surface area contributed by atoms with Crippen molar-refractivity contribution in [2.75, 3.05) is 11.9 Å². The predicted octanol–water partition coefficient (Wildman–Crippen LogP) is 4.52. The molecular weight excluding hydrogens is 378 g/mol. The minimum Gasteiger partial charge on any atom is -0.455 e. The summed E-state index contributed by atoms with van der Waals surface area (Å²) in [5.74, 6) is 2.19. The topological polar surface area (TPSA) is 85.1 Å². The zero-order valence-corrected chi connectivity index (χ0v) is 17.1. The maximum absolute atomic E-state index is 9.05. The standard InChI is InChI=1S/C23H23N5O2/c1-15-11-17(7-9-21(15)30-19-8-6-16(2)24-13-19)27-23-22-20(25-14-26-23)12-18(28(22)3)5-4-10-29/h4-9,11-14,29H,10H2,1-3H3,(H,25,26,27)/b5-4+. The minimum atomic E-state index is -0.00927. The van der Waals surface area contributed by atoms with Gasteiger partial charge < -0.3 is 19.7 Å². The summed E-state index contributed by atoms with van der Waals surface area (Å²) in [6.45, 7) is 3.93. The second-order valence-corrected chi connectivity index (χ2v) is 7.01. The van der Waals surface area contributed by atoms with Crippen LogP contribution >= 0.6 is 0 Å². The molecule has 0 aliphatic heterocycles. The van der Waals surface area contributed by atoms with E-state index in [1.54, 1.807) is 18.6 Å². The fourth-order valence-corrected chi connectivity index (χ4v) is 3.24. The Hall–Kier alpha value is -3.71. The van der Waals surface area contributed by atoms with E-state index in [4.69, 9.17) is 9.84 Å². The Kier molecular flexibility index (Phi) is 5.45. The summed E-state index contributed by atoms with van der Waals surface area (Å²) in [6, 6.07) is 11.7. The average Bonchev–Trinajstić information content (AvgIpc) is 3.06. The predicted molar refractivity (Wildman–Crippen MR) is 118 cm³/mol. The average molecular weight is 401 g/mol. The van der Waals surface area contributed by atoms with E-state index in [9.17, 15) is 0 Å². The Morgan fingerprint density at radius 3 is 2.70 bits per heavy atom. The number of aliphatic hydroxyl groups is 1. The molecule has 1 aromatic carbocycles. The van der Waals surface area contributed by atoms with E-state index in [0.717, 1.165) is 39.4 Å². The molecule has 0 unspecified atom stereocenters. The van der Waals surface area contributed by atoms with Crippen LogP contribution in [-0.2, 0) is 7.05 Å². The molecule has 30 heavy (non-hydrogen) atoms. The molecule has 0 aliphatic carbocycles. The number of anilines is 2. The van der Waals surface area contributed by atoms with Crippen molar-refractivity contribution in [1.82, 2.24) is 19.5 Å². The molecule has 152 valence electrons. The number of aliphatic hydroxyl groups excluding tert-OH is 1. The highest BCUT2D eigenvalue weighted by Gasteiger charge is 2.12. The lowest BCUT2D eigenvalue weighted by Crippen LogP contribution is -2.00. The highest BCUT2D eigenvalue weighted by atomic mass is 16.5. The summed E-state index contributed by atoms with van der Waals surface area (Å²) < 4.78 is 7.95. The lowest BCUT2D eigenvalue weighted by molar-refractivity contribution is 0.343. The third-order valence-electron chi connectivity index (χ3n) is 4.80. The fourth-order valence-electron chi connectivity index (χ4n) is 3.24. The van der Waals surface area contributed by atoms with Gasteiger partial charge in [0.2, 0.25) is 0 Å². The Bertz CT molecular complexity index is 1210. The van der Waals surface area contributed by atoms with Crippen molar-refractivity contribution in [2.24, 2.45) is 7.05 Å². The Morgan fingerprint density at radius 2 is 1.97 bits per heavy atom. The largest absolute Gasteiger partial charge is 0.455 e. The van der Waals surface area contributed by atoms with E-state index >= 15 is 0 Å². The Morgan fingerprint density at radius 1 is 1.10 bits per heavy atom. The van der Waals surface area contributed by atoms with Crippen LogP contribution in [0, 0.1) is 13.8 Å². The number of hydrogen-bond donors (Lipinski definition) is 2. The number of aryl methyl sites for hydroxylation is 3. The van der Waals surface area contributed by atoms with Crippen LogP contribution in [0.4, 0.5) is 11.5 Å². The summed E-state index contributed by atoms with van der Waals surface area (Å²) in [6.07, 6.45) is 6.82. The smallest absolute Gasteiger partial charge is 0.158 e. The summed E-state index contributed by atoms with van der Waals surface area (Å²) in [7, 11) is 1.95. The normalized spacial score (nSPS) is 11.3. The zero-order chi connectivity index (χ0) is 21.1. The third kappa shape index (κ3) is 4.01. The van der Waals surface area contributed by atoms with Gasteiger partial charge in [0.25, 0.3) is 0 Å². The van der Waals surface area contributed by atoms with Crippen LogP contribution in [0.15, 0.2) is 55.0 Å². The molecule has 0 fully saturated rings. The second kappa shape index (κ2) is 8.34. The van der Waals surface area contributed by atoms with Gasteiger partial charge in [0.05, 0.1) is 18.3 Å². The molecule has 7 heteroatoms. The van der Waals surface area contributed by atoms with Crippen molar-refractivity contribution in [3.05, 3.63) is 71.9 Å². The van der Waals surface area contributed by atoms with Crippen LogP contribution in [0.2, 0.25) is 0 Å². The molecule has 0 radical (unpaired) electrons.